The van der Waals surface area contributed by atoms with Crippen molar-refractivity contribution in [3.8, 4) is 5.69 Å². The SMILES string of the molecule is Cc1cc(-n2cccn2)ccc1NC(=O)N1CCC(OCc2c(C)noc2C)C1. The van der Waals surface area contributed by atoms with Gasteiger partial charge in [-0.3, -0.25) is 0 Å². The van der Waals surface area contributed by atoms with Gasteiger partial charge in [-0.15, -0.1) is 0 Å². The Morgan fingerprint density at radius 3 is 2.90 bits per heavy atom. The Bertz CT molecular complexity index is 976. The van der Waals surface area contributed by atoms with Gasteiger partial charge in [-0.1, -0.05) is 5.16 Å². The van der Waals surface area contributed by atoms with E-state index in [1.165, 1.54) is 0 Å². The Labute approximate surface area is 169 Å². The van der Waals surface area contributed by atoms with Crippen LogP contribution in [0.15, 0.2) is 41.2 Å². The summed E-state index contributed by atoms with van der Waals surface area (Å²) in [7, 11) is 0. The summed E-state index contributed by atoms with van der Waals surface area (Å²) < 4.78 is 13.0. The maximum atomic E-state index is 12.7. The fourth-order valence-electron chi connectivity index (χ4n) is 3.50. The lowest BCUT2D eigenvalue weighted by atomic mass is 10.2. The molecule has 1 N–H and O–H groups in total. The van der Waals surface area contributed by atoms with Crippen molar-refractivity contribution in [2.75, 3.05) is 18.4 Å². The lowest BCUT2D eigenvalue weighted by molar-refractivity contribution is 0.0482. The number of likely N-dealkylation sites (tertiary alicyclic amines) is 1. The summed E-state index contributed by atoms with van der Waals surface area (Å²) in [5, 5.41) is 11.2. The van der Waals surface area contributed by atoms with Crippen LogP contribution in [-0.4, -0.2) is 45.1 Å². The first-order chi connectivity index (χ1) is 14.0. The average Bonchev–Trinajstić information content (AvgIpc) is 3.44. The molecule has 1 aliphatic rings. The number of aromatic nitrogens is 3. The van der Waals surface area contributed by atoms with Crippen LogP contribution in [0.1, 0.15) is 29.0 Å². The number of amides is 2. The Morgan fingerprint density at radius 1 is 1.34 bits per heavy atom. The minimum Gasteiger partial charge on any atom is -0.371 e. The first-order valence-electron chi connectivity index (χ1n) is 9.71. The third kappa shape index (κ3) is 4.17. The fraction of sp³-hybridized carbons (Fsp3) is 0.381. The Hall–Kier alpha value is -3.13. The van der Waals surface area contributed by atoms with E-state index in [1.54, 1.807) is 15.8 Å². The number of carbonyl (C=O) groups is 1. The predicted octanol–water partition coefficient (Wildman–Crippen LogP) is 3.61. The number of carbonyl (C=O) groups excluding carboxylic acids is 1. The molecule has 2 amide bonds. The predicted molar refractivity (Wildman–Crippen MR) is 108 cm³/mol. The van der Waals surface area contributed by atoms with Gasteiger partial charge in [0.05, 0.1) is 24.1 Å². The Kier molecular flexibility index (Phi) is 5.35. The van der Waals surface area contributed by atoms with Gasteiger partial charge < -0.3 is 19.5 Å². The quantitative estimate of drug-likeness (QED) is 0.713. The first-order valence-corrected chi connectivity index (χ1v) is 9.71. The van der Waals surface area contributed by atoms with Crippen LogP contribution in [0.3, 0.4) is 0 Å². The van der Waals surface area contributed by atoms with Crippen LogP contribution in [0.4, 0.5) is 10.5 Å². The first kappa shape index (κ1) is 19.2. The maximum absolute atomic E-state index is 12.7. The molecular formula is C21H25N5O3. The van der Waals surface area contributed by atoms with Gasteiger partial charge in [-0.25, -0.2) is 9.48 Å². The average molecular weight is 395 g/mol. The van der Waals surface area contributed by atoms with Crippen LogP contribution in [0.25, 0.3) is 5.69 Å². The van der Waals surface area contributed by atoms with Gasteiger partial charge in [0.15, 0.2) is 0 Å². The van der Waals surface area contributed by atoms with Gasteiger partial charge in [-0.2, -0.15) is 5.10 Å². The van der Waals surface area contributed by atoms with Crippen molar-refractivity contribution in [1.82, 2.24) is 19.8 Å². The van der Waals surface area contributed by atoms with Crippen molar-refractivity contribution in [2.24, 2.45) is 0 Å². The maximum Gasteiger partial charge on any atom is 0.321 e. The zero-order chi connectivity index (χ0) is 20.4. The standard InChI is InChI=1S/C21H25N5O3/c1-14-11-17(26-9-4-8-22-26)5-6-20(14)23-21(27)25-10-7-18(12-25)28-13-19-15(2)24-29-16(19)3/h4-6,8-9,11,18H,7,10,12-13H2,1-3H3,(H,23,27). The summed E-state index contributed by atoms with van der Waals surface area (Å²) in [6, 6.07) is 7.62. The van der Waals surface area contributed by atoms with E-state index >= 15 is 0 Å². The minimum absolute atomic E-state index is 0.0118. The van der Waals surface area contributed by atoms with E-state index in [1.807, 2.05) is 51.2 Å². The number of nitrogens with zero attached hydrogens (tertiary/aromatic N) is 4. The number of benzene rings is 1. The largest absolute Gasteiger partial charge is 0.371 e. The molecule has 3 aromatic rings. The Morgan fingerprint density at radius 2 is 2.21 bits per heavy atom. The summed E-state index contributed by atoms with van der Waals surface area (Å²) >= 11 is 0. The van der Waals surface area contributed by atoms with Gasteiger partial charge >= 0.3 is 6.03 Å². The lowest BCUT2D eigenvalue weighted by Crippen LogP contribution is -2.34. The molecule has 0 spiro atoms. The normalized spacial score (nSPS) is 16.4. The highest BCUT2D eigenvalue weighted by molar-refractivity contribution is 5.90. The topological polar surface area (TPSA) is 85.4 Å². The van der Waals surface area contributed by atoms with E-state index in [0.29, 0.717) is 19.7 Å². The lowest BCUT2D eigenvalue weighted by Gasteiger charge is -2.19. The zero-order valence-corrected chi connectivity index (χ0v) is 16.9. The number of hydrogen-bond acceptors (Lipinski definition) is 5. The molecule has 0 saturated carbocycles. The van der Waals surface area contributed by atoms with E-state index in [4.69, 9.17) is 9.26 Å². The van der Waals surface area contributed by atoms with E-state index in [0.717, 1.165) is 40.4 Å². The van der Waals surface area contributed by atoms with Crippen LogP contribution >= 0.6 is 0 Å². The number of aryl methyl sites for hydroxylation is 3. The zero-order valence-electron chi connectivity index (χ0n) is 16.9. The molecule has 1 unspecified atom stereocenters. The van der Waals surface area contributed by atoms with Gasteiger partial charge in [0.2, 0.25) is 0 Å². The highest BCUT2D eigenvalue weighted by Crippen LogP contribution is 2.22. The van der Waals surface area contributed by atoms with Gasteiger partial charge in [0.25, 0.3) is 0 Å². The van der Waals surface area contributed by atoms with Crippen molar-refractivity contribution < 1.29 is 14.1 Å². The molecule has 1 aliphatic heterocycles. The second kappa shape index (κ2) is 8.08. The number of anilines is 1. The molecule has 1 atom stereocenters. The molecule has 8 nitrogen and oxygen atoms in total. The molecule has 0 bridgehead atoms. The molecule has 1 aromatic carbocycles. The van der Waals surface area contributed by atoms with Crippen LogP contribution in [-0.2, 0) is 11.3 Å². The highest BCUT2D eigenvalue weighted by Gasteiger charge is 2.27. The molecule has 0 radical (unpaired) electrons. The van der Waals surface area contributed by atoms with E-state index in [9.17, 15) is 4.79 Å². The number of rotatable bonds is 5. The van der Waals surface area contributed by atoms with E-state index in [-0.39, 0.29) is 12.1 Å². The smallest absolute Gasteiger partial charge is 0.321 e. The van der Waals surface area contributed by atoms with Crippen LogP contribution < -0.4 is 5.32 Å². The summed E-state index contributed by atoms with van der Waals surface area (Å²) in [4.78, 5) is 14.5. The van der Waals surface area contributed by atoms with Crippen LogP contribution in [0, 0.1) is 20.8 Å². The molecule has 29 heavy (non-hydrogen) atoms. The fourth-order valence-corrected chi connectivity index (χ4v) is 3.50. The molecule has 0 aliphatic carbocycles. The van der Waals surface area contributed by atoms with Crippen LogP contribution in [0.2, 0.25) is 0 Å². The Balaban J connectivity index is 1.32. The second-order valence-electron chi connectivity index (χ2n) is 7.35. The second-order valence-corrected chi connectivity index (χ2v) is 7.35. The van der Waals surface area contributed by atoms with Gasteiger partial charge in [0.1, 0.15) is 5.76 Å². The number of urea groups is 1. The third-order valence-corrected chi connectivity index (χ3v) is 5.30. The number of nitrogens with one attached hydrogen (secondary N) is 1. The molecular weight excluding hydrogens is 370 g/mol. The van der Waals surface area contributed by atoms with Gasteiger partial charge in [0, 0.05) is 36.7 Å². The summed E-state index contributed by atoms with van der Waals surface area (Å²) in [6.07, 6.45) is 4.45. The van der Waals surface area contributed by atoms with Crippen molar-refractivity contribution in [1.29, 1.82) is 0 Å². The van der Waals surface area contributed by atoms with E-state index in [2.05, 4.69) is 15.6 Å². The van der Waals surface area contributed by atoms with E-state index < -0.39 is 0 Å². The molecule has 3 heterocycles. The van der Waals surface area contributed by atoms with Crippen molar-refractivity contribution in [3.05, 3.63) is 59.2 Å². The molecule has 2 aromatic heterocycles. The summed E-state index contributed by atoms with van der Waals surface area (Å²) in [6.45, 7) is 7.45. The molecule has 8 heteroatoms. The minimum atomic E-state index is -0.108. The molecule has 1 fully saturated rings. The summed E-state index contributed by atoms with van der Waals surface area (Å²) in [5.74, 6) is 0.782. The monoisotopic (exact) mass is 395 g/mol. The van der Waals surface area contributed by atoms with Crippen molar-refractivity contribution in [2.45, 2.75) is 39.9 Å². The van der Waals surface area contributed by atoms with Gasteiger partial charge in [-0.05, 0) is 57.0 Å². The van der Waals surface area contributed by atoms with Crippen molar-refractivity contribution >= 4 is 11.7 Å². The molecule has 4 rings (SSSR count). The summed E-state index contributed by atoms with van der Waals surface area (Å²) in [5.41, 5.74) is 4.58. The van der Waals surface area contributed by atoms with Crippen LogP contribution in [0.5, 0.6) is 0 Å². The van der Waals surface area contributed by atoms with Crippen molar-refractivity contribution in [3.63, 3.8) is 0 Å². The molecule has 152 valence electrons. The number of ether oxygens (including phenoxy) is 1. The number of hydrogen-bond donors (Lipinski definition) is 1. The third-order valence-electron chi connectivity index (χ3n) is 5.30. The highest BCUT2D eigenvalue weighted by atomic mass is 16.5. The molecule has 1 saturated heterocycles.